The Morgan fingerprint density at radius 3 is 2.72 bits per heavy atom. The van der Waals surface area contributed by atoms with Crippen LogP contribution in [0.1, 0.15) is 36.4 Å². The first-order valence-corrected chi connectivity index (χ1v) is 6.81. The highest BCUT2D eigenvalue weighted by Crippen LogP contribution is 2.44. The molecule has 98 valence electrons. The number of hydrogen-bond acceptors (Lipinski definition) is 4. The fourth-order valence-corrected chi connectivity index (χ4v) is 2.81. The number of amides is 1. The van der Waals surface area contributed by atoms with Crippen LogP contribution in [-0.2, 0) is 16.1 Å². The first-order valence-electron chi connectivity index (χ1n) is 5.93. The lowest BCUT2D eigenvalue weighted by Crippen LogP contribution is -2.42. The number of aliphatic carboxylic acids is 1. The topological polar surface area (TPSA) is 79.3 Å². The molecule has 0 unspecified atom stereocenters. The molecule has 0 bridgehead atoms. The Labute approximate surface area is 109 Å². The van der Waals surface area contributed by atoms with Crippen LogP contribution in [0, 0.1) is 12.3 Å². The average molecular weight is 268 g/mol. The Hall–Kier alpha value is -1.43. The number of thiazole rings is 1. The van der Waals surface area contributed by atoms with Gasteiger partial charge in [0.15, 0.2) is 0 Å². The molecule has 1 aliphatic carbocycles. The second-order valence-corrected chi connectivity index (χ2v) is 5.72. The van der Waals surface area contributed by atoms with E-state index in [2.05, 4.69) is 10.3 Å². The fraction of sp³-hybridized carbons (Fsp3) is 0.583. The minimum Gasteiger partial charge on any atom is -0.481 e. The summed E-state index contributed by atoms with van der Waals surface area (Å²) in [5.41, 5.74) is 0.119. The van der Waals surface area contributed by atoms with Gasteiger partial charge in [0, 0.05) is 17.5 Å². The lowest BCUT2D eigenvalue weighted by Gasteiger charge is -2.36. The number of aromatic nitrogens is 1. The Bertz CT molecular complexity index is 466. The summed E-state index contributed by atoms with van der Waals surface area (Å²) >= 11 is 1.49. The molecule has 1 aromatic rings. The third-order valence-corrected chi connectivity index (χ3v) is 4.33. The average Bonchev–Trinajstić information content (AvgIpc) is 2.66. The van der Waals surface area contributed by atoms with Gasteiger partial charge in [0.05, 0.1) is 12.0 Å². The van der Waals surface area contributed by atoms with Crippen molar-refractivity contribution in [2.45, 2.75) is 39.2 Å². The molecule has 0 saturated heterocycles. The van der Waals surface area contributed by atoms with Crippen LogP contribution in [-0.4, -0.2) is 22.0 Å². The molecule has 0 radical (unpaired) electrons. The van der Waals surface area contributed by atoms with Crippen LogP contribution in [0.4, 0.5) is 0 Å². The number of nitrogens with one attached hydrogen (secondary N) is 1. The van der Waals surface area contributed by atoms with Crippen LogP contribution in [0.15, 0.2) is 5.38 Å². The second-order valence-electron chi connectivity index (χ2n) is 4.78. The Balaban J connectivity index is 1.83. The van der Waals surface area contributed by atoms with Crippen molar-refractivity contribution in [2.24, 2.45) is 5.41 Å². The summed E-state index contributed by atoms with van der Waals surface area (Å²) in [5, 5.41) is 14.6. The van der Waals surface area contributed by atoms with Crippen molar-refractivity contribution in [2.75, 3.05) is 0 Å². The van der Waals surface area contributed by atoms with E-state index >= 15 is 0 Å². The van der Waals surface area contributed by atoms with Crippen LogP contribution in [0.2, 0.25) is 0 Å². The highest BCUT2D eigenvalue weighted by atomic mass is 32.1. The number of nitrogens with zero attached hydrogens (tertiary/aromatic N) is 1. The molecule has 0 aromatic carbocycles. The van der Waals surface area contributed by atoms with E-state index in [1.807, 2.05) is 12.3 Å². The molecular formula is C12H16N2O3S. The van der Waals surface area contributed by atoms with E-state index < -0.39 is 11.4 Å². The number of rotatable bonds is 5. The summed E-state index contributed by atoms with van der Waals surface area (Å²) in [6.45, 7) is 2.28. The molecule has 0 aliphatic heterocycles. The number of carboxylic acid groups (broad SMARTS) is 1. The minimum atomic E-state index is -0.853. The summed E-state index contributed by atoms with van der Waals surface area (Å²) in [5.74, 6) is -1.06. The number of hydrogen-bond donors (Lipinski definition) is 2. The van der Waals surface area contributed by atoms with E-state index in [-0.39, 0.29) is 12.3 Å². The van der Waals surface area contributed by atoms with Gasteiger partial charge >= 0.3 is 5.97 Å². The zero-order valence-electron chi connectivity index (χ0n) is 10.2. The van der Waals surface area contributed by atoms with Crippen molar-refractivity contribution < 1.29 is 14.7 Å². The predicted molar refractivity (Wildman–Crippen MR) is 67.2 cm³/mol. The molecule has 5 nitrogen and oxygen atoms in total. The van der Waals surface area contributed by atoms with Gasteiger partial charge < -0.3 is 10.4 Å². The van der Waals surface area contributed by atoms with Gasteiger partial charge in [-0.05, 0) is 19.8 Å². The predicted octanol–water partition coefficient (Wildman–Crippen LogP) is 1.71. The lowest BCUT2D eigenvalue weighted by atomic mass is 9.66. The minimum absolute atomic E-state index is 0.0761. The summed E-state index contributed by atoms with van der Waals surface area (Å²) in [6, 6.07) is 0. The molecule has 1 amide bonds. The van der Waals surface area contributed by atoms with E-state index in [1.165, 1.54) is 11.3 Å². The summed E-state index contributed by atoms with van der Waals surface area (Å²) < 4.78 is 0. The number of aryl methyl sites for hydroxylation is 1. The van der Waals surface area contributed by atoms with E-state index in [0.717, 1.165) is 17.1 Å². The molecule has 2 rings (SSSR count). The first-order chi connectivity index (χ1) is 8.52. The summed E-state index contributed by atoms with van der Waals surface area (Å²) in [4.78, 5) is 27.1. The molecule has 1 aromatic heterocycles. The monoisotopic (exact) mass is 268 g/mol. The number of carbonyl (C=O) groups is 2. The standard InChI is InChI=1S/C12H16N2O3S/c1-8-7-18-10(14-8)6-13-9(15)5-12(11(16)17)3-2-4-12/h7H,2-6H2,1H3,(H,13,15)(H,16,17). The van der Waals surface area contributed by atoms with E-state index in [0.29, 0.717) is 19.4 Å². The van der Waals surface area contributed by atoms with Crippen LogP contribution in [0.5, 0.6) is 0 Å². The van der Waals surface area contributed by atoms with Gasteiger partial charge in [0.25, 0.3) is 0 Å². The van der Waals surface area contributed by atoms with Crippen LogP contribution >= 0.6 is 11.3 Å². The van der Waals surface area contributed by atoms with Crippen molar-refractivity contribution in [3.63, 3.8) is 0 Å². The Morgan fingerprint density at radius 1 is 1.56 bits per heavy atom. The van der Waals surface area contributed by atoms with Gasteiger partial charge in [-0.15, -0.1) is 11.3 Å². The van der Waals surface area contributed by atoms with Crippen molar-refractivity contribution in [1.82, 2.24) is 10.3 Å². The Kier molecular flexibility index (Phi) is 3.65. The van der Waals surface area contributed by atoms with Gasteiger partial charge in [0.2, 0.25) is 5.91 Å². The van der Waals surface area contributed by atoms with Crippen molar-refractivity contribution in [3.8, 4) is 0 Å². The van der Waals surface area contributed by atoms with Gasteiger partial charge in [-0.25, -0.2) is 4.98 Å². The quantitative estimate of drug-likeness (QED) is 0.852. The summed E-state index contributed by atoms with van der Waals surface area (Å²) in [7, 11) is 0. The first kappa shape index (κ1) is 13.0. The van der Waals surface area contributed by atoms with Crippen LogP contribution < -0.4 is 5.32 Å². The molecule has 6 heteroatoms. The van der Waals surface area contributed by atoms with E-state index in [4.69, 9.17) is 5.11 Å². The largest absolute Gasteiger partial charge is 0.481 e. The SMILES string of the molecule is Cc1csc(CNC(=O)CC2(C(=O)O)CCC2)n1. The number of carbonyl (C=O) groups excluding carboxylic acids is 1. The maximum atomic E-state index is 11.7. The molecule has 1 heterocycles. The molecule has 1 saturated carbocycles. The molecule has 0 spiro atoms. The van der Waals surface area contributed by atoms with Gasteiger partial charge in [0.1, 0.15) is 5.01 Å². The highest BCUT2D eigenvalue weighted by molar-refractivity contribution is 7.09. The van der Waals surface area contributed by atoms with Crippen LogP contribution in [0.3, 0.4) is 0 Å². The third-order valence-electron chi connectivity index (χ3n) is 3.37. The van der Waals surface area contributed by atoms with E-state index in [1.54, 1.807) is 0 Å². The molecule has 1 fully saturated rings. The maximum Gasteiger partial charge on any atom is 0.310 e. The van der Waals surface area contributed by atoms with Crippen LogP contribution in [0.25, 0.3) is 0 Å². The second kappa shape index (κ2) is 5.06. The Morgan fingerprint density at radius 2 is 2.28 bits per heavy atom. The lowest BCUT2D eigenvalue weighted by molar-refractivity contribution is -0.157. The molecule has 18 heavy (non-hydrogen) atoms. The van der Waals surface area contributed by atoms with Crippen molar-refractivity contribution >= 4 is 23.2 Å². The van der Waals surface area contributed by atoms with Crippen molar-refractivity contribution in [1.29, 1.82) is 0 Å². The van der Waals surface area contributed by atoms with Crippen molar-refractivity contribution in [3.05, 3.63) is 16.1 Å². The zero-order valence-corrected chi connectivity index (χ0v) is 11.0. The normalized spacial score (nSPS) is 16.9. The molecular weight excluding hydrogens is 252 g/mol. The van der Waals surface area contributed by atoms with Gasteiger partial charge in [-0.3, -0.25) is 9.59 Å². The van der Waals surface area contributed by atoms with Gasteiger partial charge in [-0.2, -0.15) is 0 Å². The molecule has 0 atom stereocenters. The maximum absolute atomic E-state index is 11.7. The zero-order chi connectivity index (χ0) is 13.2. The smallest absolute Gasteiger partial charge is 0.310 e. The molecule has 2 N–H and O–H groups in total. The highest BCUT2D eigenvalue weighted by Gasteiger charge is 2.45. The molecule has 1 aliphatic rings. The van der Waals surface area contributed by atoms with Gasteiger partial charge in [-0.1, -0.05) is 6.42 Å². The fourth-order valence-electron chi connectivity index (χ4n) is 2.10. The van der Waals surface area contributed by atoms with E-state index in [9.17, 15) is 9.59 Å². The third kappa shape index (κ3) is 2.69. The number of carboxylic acids is 1. The summed E-state index contributed by atoms with van der Waals surface area (Å²) in [6.07, 6.45) is 2.18.